The lowest BCUT2D eigenvalue weighted by molar-refractivity contribution is -0.143. The summed E-state index contributed by atoms with van der Waals surface area (Å²) in [5, 5.41) is 0. The molecular weight excluding hydrogens is 304 g/mol. The normalized spacial score (nSPS) is 24.8. The highest BCUT2D eigenvalue weighted by Gasteiger charge is 2.49. The highest BCUT2D eigenvalue weighted by atomic mass is 16.2. The van der Waals surface area contributed by atoms with Gasteiger partial charge >= 0.3 is 0 Å². The Morgan fingerprint density at radius 2 is 2.08 bits per heavy atom. The van der Waals surface area contributed by atoms with Crippen LogP contribution in [0.5, 0.6) is 0 Å². The number of hydrogen-bond donors (Lipinski definition) is 0. The van der Waals surface area contributed by atoms with Crippen LogP contribution in [-0.4, -0.2) is 71.4 Å². The topological polar surface area (TPSA) is 48.8 Å². The molecule has 2 fully saturated rings. The van der Waals surface area contributed by atoms with E-state index >= 15 is 0 Å². The second-order valence-electron chi connectivity index (χ2n) is 7.47. The minimum atomic E-state index is -0.282. The molecule has 3 rings (SSSR count). The average molecular weight is 332 g/mol. The smallest absolute Gasteiger partial charge is 0.241 e. The first kappa shape index (κ1) is 17.0. The number of hydrogen-bond acceptors (Lipinski definition) is 3. The van der Waals surface area contributed by atoms with Gasteiger partial charge in [-0.25, -0.2) is 0 Å². The highest BCUT2D eigenvalue weighted by molar-refractivity contribution is 5.89. The number of rotatable bonds is 4. The summed E-state index contributed by atoms with van der Waals surface area (Å²) in [6.07, 6.45) is 4.92. The minimum Gasteiger partial charge on any atom is -0.353 e. The Kier molecular flexibility index (Phi) is 4.67. The van der Waals surface area contributed by atoms with Gasteiger partial charge in [0.05, 0.1) is 12.0 Å². The lowest BCUT2D eigenvalue weighted by Crippen LogP contribution is -2.48. The summed E-state index contributed by atoms with van der Waals surface area (Å²) >= 11 is 0. The van der Waals surface area contributed by atoms with E-state index in [1.54, 1.807) is 23.9 Å². The third-order valence-corrected chi connectivity index (χ3v) is 5.52. The molecule has 6 heteroatoms. The molecule has 0 N–H and O–H groups in total. The lowest BCUT2D eigenvalue weighted by atomic mass is 9.78. The monoisotopic (exact) mass is 332 g/mol. The van der Waals surface area contributed by atoms with Crippen molar-refractivity contribution in [3.63, 3.8) is 0 Å². The van der Waals surface area contributed by atoms with Gasteiger partial charge < -0.3 is 14.4 Å². The number of likely N-dealkylation sites (tertiary alicyclic amines) is 2. The Bertz CT molecular complexity index is 624. The van der Waals surface area contributed by atoms with Crippen molar-refractivity contribution in [2.24, 2.45) is 12.5 Å². The molecule has 2 aliphatic heterocycles. The maximum absolute atomic E-state index is 13.0. The number of nitrogens with zero attached hydrogens (tertiary/aromatic N) is 4. The number of carbonyl (C=O) groups excluding carboxylic acids is 2. The Hall–Kier alpha value is -1.82. The van der Waals surface area contributed by atoms with Gasteiger partial charge in [0, 0.05) is 52.7 Å². The fraction of sp³-hybridized carbons (Fsp3) is 0.667. The van der Waals surface area contributed by atoms with E-state index in [1.165, 1.54) is 5.69 Å². The molecule has 0 aliphatic carbocycles. The molecule has 132 valence electrons. The zero-order valence-corrected chi connectivity index (χ0v) is 15.0. The molecular formula is C18H28N4O2. The van der Waals surface area contributed by atoms with Gasteiger partial charge in [-0.05, 0) is 37.9 Å². The predicted molar refractivity (Wildman–Crippen MR) is 92.2 cm³/mol. The molecule has 1 aromatic heterocycles. The molecule has 1 spiro atoms. The van der Waals surface area contributed by atoms with Crippen molar-refractivity contribution in [1.82, 2.24) is 19.3 Å². The summed E-state index contributed by atoms with van der Waals surface area (Å²) in [5.41, 5.74) is 0.993. The van der Waals surface area contributed by atoms with Crippen LogP contribution in [0.1, 0.15) is 25.0 Å². The van der Waals surface area contributed by atoms with E-state index in [9.17, 15) is 9.59 Å². The average Bonchev–Trinajstić information content (AvgIpc) is 3.07. The maximum atomic E-state index is 13.0. The molecule has 1 atom stereocenters. The van der Waals surface area contributed by atoms with Gasteiger partial charge in [0.15, 0.2) is 0 Å². The zero-order valence-electron chi connectivity index (χ0n) is 15.0. The third-order valence-electron chi connectivity index (χ3n) is 5.52. The van der Waals surface area contributed by atoms with Crippen molar-refractivity contribution >= 4 is 11.8 Å². The SMILES string of the molecule is CN(C)C(=O)CN1CC[C@@]2(CCCN(Cc3cccn3C)C2)C1=O. The number of aromatic nitrogens is 1. The molecule has 2 saturated heterocycles. The van der Waals surface area contributed by atoms with Crippen molar-refractivity contribution in [3.05, 3.63) is 24.0 Å². The van der Waals surface area contributed by atoms with Crippen molar-refractivity contribution in [3.8, 4) is 0 Å². The molecule has 24 heavy (non-hydrogen) atoms. The molecule has 2 amide bonds. The van der Waals surface area contributed by atoms with Crippen LogP contribution in [0.15, 0.2) is 18.3 Å². The van der Waals surface area contributed by atoms with Crippen LogP contribution in [0, 0.1) is 5.41 Å². The first-order chi connectivity index (χ1) is 11.4. The zero-order chi connectivity index (χ0) is 17.3. The summed E-state index contributed by atoms with van der Waals surface area (Å²) in [6.45, 7) is 3.65. The molecule has 0 unspecified atom stereocenters. The van der Waals surface area contributed by atoms with Gasteiger partial charge in [0.1, 0.15) is 0 Å². The first-order valence-corrected chi connectivity index (χ1v) is 8.73. The van der Waals surface area contributed by atoms with Crippen LogP contribution >= 0.6 is 0 Å². The van der Waals surface area contributed by atoms with Crippen molar-refractivity contribution in [2.45, 2.75) is 25.8 Å². The van der Waals surface area contributed by atoms with Gasteiger partial charge in [0.25, 0.3) is 0 Å². The summed E-state index contributed by atoms with van der Waals surface area (Å²) < 4.78 is 2.14. The Morgan fingerprint density at radius 1 is 1.29 bits per heavy atom. The van der Waals surface area contributed by atoms with Crippen molar-refractivity contribution in [2.75, 3.05) is 40.3 Å². The molecule has 2 aliphatic rings. The molecule has 0 aromatic carbocycles. The number of piperidine rings is 1. The largest absolute Gasteiger partial charge is 0.353 e. The van der Waals surface area contributed by atoms with E-state index in [0.717, 1.165) is 38.9 Å². The summed E-state index contributed by atoms with van der Waals surface area (Å²) in [5.74, 6) is 0.172. The predicted octanol–water partition coefficient (Wildman–Crippen LogP) is 0.928. The maximum Gasteiger partial charge on any atom is 0.241 e. The Labute approximate surface area is 144 Å². The van der Waals surface area contributed by atoms with Crippen LogP contribution in [0.3, 0.4) is 0 Å². The fourth-order valence-electron chi connectivity index (χ4n) is 3.98. The molecule has 0 saturated carbocycles. The van der Waals surface area contributed by atoms with Crippen LogP contribution in [0.2, 0.25) is 0 Å². The lowest BCUT2D eigenvalue weighted by Gasteiger charge is -2.39. The van der Waals surface area contributed by atoms with Gasteiger partial charge in [-0.15, -0.1) is 0 Å². The van der Waals surface area contributed by atoms with Crippen molar-refractivity contribution < 1.29 is 9.59 Å². The van der Waals surface area contributed by atoms with E-state index in [1.807, 2.05) is 0 Å². The van der Waals surface area contributed by atoms with Crippen LogP contribution in [0.4, 0.5) is 0 Å². The van der Waals surface area contributed by atoms with Gasteiger partial charge in [-0.1, -0.05) is 0 Å². The van der Waals surface area contributed by atoms with E-state index in [2.05, 4.69) is 34.8 Å². The summed E-state index contributed by atoms with van der Waals surface area (Å²) in [7, 11) is 5.53. The van der Waals surface area contributed by atoms with E-state index in [4.69, 9.17) is 0 Å². The third kappa shape index (κ3) is 3.20. The Morgan fingerprint density at radius 3 is 2.75 bits per heavy atom. The van der Waals surface area contributed by atoms with Crippen LogP contribution in [-0.2, 0) is 23.2 Å². The Balaban J connectivity index is 1.66. The molecule has 1 aromatic rings. The van der Waals surface area contributed by atoms with Crippen LogP contribution < -0.4 is 0 Å². The van der Waals surface area contributed by atoms with E-state index in [0.29, 0.717) is 6.54 Å². The molecule has 6 nitrogen and oxygen atoms in total. The quantitative estimate of drug-likeness (QED) is 0.824. The number of carbonyl (C=O) groups is 2. The number of amides is 2. The summed E-state index contributed by atoms with van der Waals surface area (Å²) in [6, 6.07) is 4.20. The molecule has 0 radical (unpaired) electrons. The minimum absolute atomic E-state index is 0.00289. The number of aryl methyl sites for hydroxylation is 1. The van der Waals surface area contributed by atoms with E-state index in [-0.39, 0.29) is 23.8 Å². The van der Waals surface area contributed by atoms with E-state index < -0.39 is 0 Å². The van der Waals surface area contributed by atoms with Gasteiger partial charge in [-0.2, -0.15) is 0 Å². The fourth-order valence-corrected chi connectivity index (χ4v) is 3.98. The second-order valence-corrected chi connectivity index (χ2v) is 7.47. The summed E-state index contributed by atoms with van der Waals surface area (Å²) in [4.78, 5) is 30.6. The van der Waals surface area contributed by atoms with Crippen molar-refractivity contribution in [1.29, 1.82) is 0 Å². The second kappa shape index (κ2) is 6.59. The molecule has 3 heterocycles. The van der Waals surface area contributed by atoms with Gasteiger partial charge in [0.2, 0.25) is 11.8 Å². The highest BCUT2D eigenvalue weighted by Crippen LogP contribution is 2.40. The number of likely N-dealkylation sites (N-methyl/N-ethyl adjacent to an activating group) is 1. The van der Waals surface area contributed by atoms with Crippen LogP contribution in [0.25, 0.3) is 0 Å². The van der Waals surface area contributed by atoms with Gasteiger partial charge in [-0.3, -0.25) is 14.5 Å². The standard InChI is InChI=1S/C18H28N4O2/c1-19(2)16(23)13-22-11-8-18(17(22)24)7-5-10-21(14-18)12-15-6-4-9-20(15)3/h4,6,9H,5,7-8,10-14H2,1-3H3/t18-/m1/s1. The molecule has 0 bridgehead atoms. The first-order valence-electron chi connectivity index (χ1n) is 8.73.